The summed E-state index contributed by atoms with van der Waals surface area (Å²) in [5.74, 6) is 0. The van der Waals surface area contributed by atoms with Crippen molar-refractivity contribution in [1.82, 2.24) is 9.13 Å². The maximum Gasteiger partial charge on any atom is 0.417 e. The van der Waals surface area contributed by atoms with Gasteiger partial charge in [0.15, 0.2) is 0 Å². The van der Waals surface area contributed by atoms with Crippen LogP contribution < -0.4 is 0 Å². The quantitative estimate of drug-likeness (QED) is 0.152. The molecular weight excluding hydrogens is 848 g/mol. The van der Waals surface area contributed by atoms with E-state index in [1.165, 1.54) is 24.3 Å². The van der Waals surface area contributed by atoms with Crippen LogP contribution in [0.2, 0.25) is 0 Å². The Morgan fingerprint density at radius 1 is 0.338 bits per heavy atom. The second-order valence-electron chi connectivity index (χ2n) is 16.5. The molecule has 2 nitrogen and oxygen atoms in total. The van der Waals surface area contributed by atoms with Crippen LogP contribution in [0.1, 0.15) is 33.4 Å². The highest BCUT2D eigenvalue weighted by Gasteiger charge is 2.36. The molecule has 0 amide bonds. The Morgan fingerprint density at radius 2 is 0.846 bits per heavy atom. The Bertz CT molecular complexity index is 3550. The molecule has 65 heavy (non-hydrogen) atoms. The van der Waals surface area contributed by atoms with Crippen molar-refractivity contribution in [1.29, 1.82) is 0 Å². The van der Waals surface area contributed by atoms with Gasteiger partial charge in [-0.25, -0.2) is 0 Å². The van der Waals surface area contributed by atoms with Crippen molar-refractivity contribution in [3.63, 3.8) is 0 Å². The predicted octanol–water partition coefficient (Wildman–Crippen LogP) is 16.9. The monoisotopic (exact) mass is 882 g/mol. The van der Waals surface area contributed by atoms with Crippen LogP contribution in [0.3, 0.4) is 0 Å². The lowest BCUT2D eigenvalue weighted by atomic mass is 9.94. The van der Waals surface area contributed by atoms with Crippen molar-refractivity contribution in [3.05, 3.63) is 191 Å². The van der Waals surface area contributed by atoms with Gasteiger partial charge in [-0.15, -0.1) is 0 Å². The van der Waals surface area contributed by atoms with Gasteiger partial charge in [-0.05, 0) is 150 Å². The minimum absolute atomic E-state index is 0.0203. The molecule has 0 saturated carbocycles. The maximum absolute atomic E-state index is 15.1. The van der Waals surface area contributed by atoms with Crippen molar-refractivity contribution in [2.45, 2.75) is 39.3 Å². The number of aryl methyl sites for hydroxylation is 3. The molecule has 324 valence electrons. The summed E-state index contributed by atoms with van der Waals surface area (Å²) in [6.07, 6.45) is -13.8. The fraction of sp³-hybridized carbons (Fsp3) is 0.111. The van der Waals surface area contributed by atoms with Gasteiger partial charge in [0.1, 0.15) is 0 Å². The first-order valence-electron chi connectivity index (χ1n) is 20.6. The van der Waals surface area contributed by atoms with E-state index in [1.54, 1.807) is 63.2 Å². The van der Waals surface area contributed by atoms with Gasteiger partial charge in [-0.1, -0.05) is 78.4 Å². The van der Waals surface area contributed by atoms with Crippen LogP contribution in [0.15, 0.2) is 158 Å². The summed E-state index contributed by atoms with van der Waals surface area (Å²) in [6, 6.07) is 42.7. The van der Waals surface area contributed by atoms with E-state index in [0.29, 0.717) is 72.1 Å². The number of fused-ring (bicyclic) bond motifs is 6. The van der Waals surface area contributed by atoms with Gasteiger partial charge in [-0.3, -0.25) is 0 Å². The minimum Gasteiger partial charge on any atom is -0.309 e. The summed E-state index contributed by atoms with van der Waals surface area (Å²) in [5, 5.41) is 3.01. The maximum atomic E-state index is 15.1. The molecule has 2 aromatic heterocycles. The van der Waals surface area contributed by atoms with Crippen molar-refractivity contribution in [2.24, 2.45) is 0 Å². The van der Waals surface area contributed by atoms with Gasteiger partial charge in [0.25, 0.3) is 0 Å². The average molecular weight is 883 g/mol. The third kappa shape index (κ3) is 7.10. The lowest BCUT2D eigenvalue weighted by Crippen LogP contribution is -2.09. The third-order valence-corrected chi connectivity index (χ3v) is 12.3. The van der Waals surface area contributed by atoms with E-state index in [-0.39, 0.29) is 11.1 Å². The summed E-state index contributed by atoms with van der Waals surface area (Å²) in [5.41, 5.74) is 4.97. The molecule has 8 aromatic carbocycles. The SMILES string of the molecule is Cc1ccc(-c2ccc3c(c2)c2ccccc2n3-c2ccc(C(F)(F)F)c(-c3cc(-n4c5ccccc5c5cc(-c6ccc(C(F)(F)F)cc6C)ccc54)ccc3C)c2)c(C(F)(F)F)c1. The number of benzene rings is 8. The summed E-state index contributed by atoms with van der Waals surface area (Å²) in [4.78, 5) is 0. The Hall–Kier alpha value is -7.27. The van der Waals surface area contributed by atoms with E-state index in [9.17, 15) is 26.3 Å². The van der Waals surface area contributed by atoms with E-state index < -0.39 is 35.2 Å². The molecule has 0 N–H and O–H groups in total. The van der Waals surface area contributed by atoms with E-state index in [0.717, 1.165) is 46.1 Å². The van der Waals surface area contributed by atoms with Gasteiger partial charge in [0, 0.05) is 32.9 Å². The number of halogens is 9. The molecule has 0 radical (unpaired) electrons. The van der Waals surface area contributed by atoms with Crippen LogP contribution in [0.5, 0.6) is 0 Å². The Labute approximate surface area is 366 Å². The molecule has 11 heteroatoms. The fourth-order valence-corrected chi connectivity index (χ4v) is 9.33. The highest BCUT2D eigenvalue weighted by atomic mass is 19.4. The van der Waals surface area contributed by atoms with Crippen LogP contribution in [0, 0.1) is 20.8 Å². The first-order chi connectivity index (χ1) is 30.9. The van der Waals surface area contributed by atoms with Crippen LogP contribution in [0.25, 0.3) is 88.4 Å². The highest BCUT2D eigenvalue weighted by Crippen LogP contribution is 2.45. The Balaban J connectivity index is 1.14. The van der Waals surface area contributed by atoms with Crippen molar-refractivity contribution in [3.8, 4) is 44.8 Å². The summed E-state index contributed by atoms with van der Waals surface area (Å²) in [6.45, 7) is 4.98. The zero-order valence-electron chi connectivity index (χ0n) is 34.8. The van der Waals surface area contributed by atoms with Crippen LogP contribution in [-0.2, 0) is 18.5 Å². The lowest BCUT2D eigenvalue weighted by Gasteiger charge is -2.19. The molecule has 0 aliphatic heterocycles. The van der Waals surface area contributed by atoms with Gasteiger partial charge in [0.05, 0.1) is 38.8 Å². The lowest BCUT2D eigenvalue weighted by molar-refractivity contribution is -0.138. The fourth-order valence-electron chi connectivity index (χ4n) is 9.33. The summed E-state index contributed by atoms with van der Waals surface area (Å²) < 4.78 is 133. The minimum atomic E-state index is -4.74. The van der Waals surface area contributed by atoms with Crippen LogP contribution in [0.4, 0.5) is 39.5 Å². The molecule has 0 atom stereocenters. The van der Waals surface area contributed by atoms with Gasteiger partial charge in [-0.2, -0.15) is 39.5 Å². The third-order valence-electron chi connectivity index (χ3n) is 12.3. The molecule has 0 spiro atoms. The number of hydrogen-bond donors (Lipinski definition) is 0. The number of rotatable bonds is 5. The predicted molar refractivity (Wildman–Crippen MR) is 241 cm³/mol. The number of para-hydroxylation sites is 2. The van der Waals surface area contributed by atoms with E-state index in [2.05, 4.69) is 0 Å². The molecule has 0 aliphatic rings. The molecule has 0 aliphatic carbocycles. The highest BCUT2D eigenvalue weighted by molar-refractivity contribution is 6.12. The summed E-state index contributed by atoms with van der Waals surface area (Å²) in [7, 11) is 0. The standard InChI is InChI=1S/C54H35F9N2/c1-30-12-19-39(47(24-30)54(61,62)63)34-15-23-51-45(27-34)41-9-5-7-11-49(41)65(51)37-18-21-46(53(58,59)60)43(29-37)42-28-36(17-13-31(42)2)64-48-10-6-4-8-40(48)44-26-33(14-22-50(44)64)38-20-16-35(25-32(38)3)52(55,56)57/h4-29H,1-3H3. The number of nitrogens with zero attached hydrogens (tertiary/aromatic N) is 2. The molecular formula is C54H35F9N2. The molecule has 0 fully saturated rings. The molecule has 0 bridgehead atoms. The van der Waals surface area contributed by atoms with Crippen molar-refractivity contribution >= 4 is 43.6 Å². The van der Waals surface area contributed by atoms with Crippen molar-refractivity contribution in [2.75, 3.05) is 0 Å². The van der Waals surface area contributed by atoms with Crippen LogP contribution >= 0.6 is 0 Å². The van der Waals surface area contributed by atoms with E-state index in [1.807, 2.05) is 75.9 Å². The van der Waals surface area contributed by atoms with E-state index in [4.69, 9.17) is 0 Å². The molecule has 0 saturated heterocycles. The van der Waals surface area contributed by atoms with Gasteiger partial charge >= 0.3 is 18.5 Å². The topological polar surface area (TPSA) is 9.86 Å². The Kier molecular flexibility index (Phi) is 9.57. The zero-order chi connectivity index (χ0) is 45.7. The zero-order valence-corrected chi connectivity index (χ0v) is 34.8. The van der Waals surface area contributed by atoms with Crippen LogP contribution in [-0.4, -0.2) is 9.13 Å². The first-order valence-corrected chi connectivity index (χ1v) is 20.6. The Morgan fingerprint density at radius 3 is 1.40 bits per heavy atom. The van der Waals surface area contributed by atoms with Gasteiger partial charge < -0.3 is 9.13 Å². The number of aromatic nitrogens is 2. The average Bonchev–Trinajstić information content (AvgIpc) is 3.77. The van der Waals surface area contributed by atoms with Gasteiger partial charge in [0.2, 0.25) is 0 Å². The smallest absolute Gasteiger partial charge is 0.309 e. The largest absolute Gasteiger partial charge is 0.417 e. The second-order valence-corrected chi connectivity index (χ2v) is 16.5. The van der Waals surface area contributed by atoms with E-state index >= 15 is 13.2 Å². The number of alkyl halides is 9. The molecule has 0 unspecified atom stereocenters. The number of hydrogen-bond acceptors (Lipinski definition) is 0. The normalized spacial score (nSPS) is 12.6. The molecule has 2 heterocycles. The second kappa shape index (κ2) is 14.9. The first kappa shape index (κ1) is 41.7. The summed E-state index contributed by atoms with van der Waals surface area (Å²) >= 11 is 0. The molecule has 10 rings (SSSR count). The molecule has 10 aromatic rings. The van der Waals surface area contributed by atoms with Crippen molar-refractivity contribution < 1.29 is 39.5 Å².